The zero-order chi connectivity index (χ0) is 41.6. The zero-order valence-corrected chi connectivity index (χ0v) is 28.2. The van der Waals surface area contributed by atoms with E-state index in [2.05, 4.69) is 24.3 Å². The number of hydrogen-bond donors (Lipinski definition) is 0. The molecule has 0 fully saturated rings. The standard InChI is InChI=1S/C51H34O/c1-33-46-32-38(28-30-47(46)52-51(33)39-21-14-20-37(31-39)34-15-4-2-5-16-34)49-41-23-10-12-25-43(41)50(44-26-13-11-24-42(44)49)45-29-27-35-17-8-9-22-40(35)48(45)36-18-6-3-7-19-36/h2-32H,1H3/i10D,11D,12D,13D,23D,24D,25D,26D. The number of benzene rings is 9. The van der Waals surface area contributed by atoms with Crippen LogP contribution in [0.15, 0.2) is 192 Å². The smallest absolute Gasteiger partial charge is 0.138 e. The first kappa shape index (κ1) is 22.9. The number of hydrogen-bond acceptors (Lipinski definition) is 1. The van der Waals surface area contributed by atoms with E-state index in [4.69, 9.17) is 9.90 Å². The predicted octanol–water partition coefficient (Wildman–Crippen LogP) is 14.5. The second kappa shape index (κ2) is 12.3. The van der Waals surface area contributed by atoms with Gasteiger partial charge in [-0.25, -0.2) is 0 Å². The van der Waals surface area contributed by atoms with Crippen molar-refractivity contribution in [3.8, 4) is 55.8 Å². The fourth-order valence-corrected chi connectivity index (χ4v) is 7.70. The van der Waals surface area contributed by atoms with Crippen molar-refractivity contribution >= 4 is 43.3 Å². The third-order valence-electron chi connectivity index (χ3n) is 10.1. The molecule has 0 unspecified atom stereocenters. The summed E-state index contributed by atoms with van der Waals surface area (Å²) in [6.07, 6.45) is 0. The van der Waals surface area contributed by atoms with Gasteiger partial charge < -0.3 is 4.42 Å². The van der Waals surface area contributed by atoms with Gasteiger partial charge in [-0.15, -0.1) is 0 Å². The van der Waals surface area contributed by atoms with E-state index in [1.165, 1.54) is 0 Å². The molecule has 1 heterocycles. The topological polar surface area (TPSA) is 13.1 Å². The van der Waals surface area contributed by atoms with Crippen LogP contribution in [0.2, 0.25) is 0 Å². The van der Waals surface area contributed by atoms with Gasteiger partial charge in [-0.3, -0.25) is 0 Å². The lowest BCUT2D eigenvalue weighted by Gasteiger charge is -2.21. The van der Waals surface area contributed by atoms with Crippen molar-refractivity contribution in [2.45, 2.75) is 6.92 Å². The molecule has 0 aliphatic heterocycles. The number of aryl methyl sites for hydroxylation is 1. The minimum Gasteiger partial charge on any atom is -0.456 e. The molecule has 0 radical (unpaired) electrons. The maximum atomic E-state index is 9.55. The molecule has 52 heavy (non-hydrogen) atoms. The quantitative estimate of drug-likeness (QED) is 0.166. The van der Waals surface area contributed by atoms with Gasteiger partial charge in [0, 0.05) is 16.5 Å². The van der Waals surface area contributed by atoms with Crippen LogP contribution in [0.5, 0.6) is 0 Å². The molecule has 0 aliphatic rings. The SMILES string of the molecule is [2H]c1c([2H])c([2H])c2c(-c3ccc4ccccc4c3-c3ccccc3)c3c([2H])c([2H])c([2H])c([2H])c3c(-c3ccc4oc(-c5cccc(-c6ccccc6)c5)c(C)c4c3)c2c1[2H]. The third-order valence-corrected chi connectivity index (χ3v) is 10.1. The normalized spacial score (nSPS) is 13.7. The molecule has 1 heteroatoms. The molecule has 9 aromatic carbocycles. The summed E-state index contributed by atoms with van der Waals surface area (Å²) in [7, 11) is 0. The molecule has 1 nitrogen and oxygen atoms in total. The summed E-state index contributed by atoms with van der Waals surface area (Å²) in [4.78, 5) is 0. The molecule has 0 aliphatic carbocycles. The van der Waals surface area contributed by atoms with E-state index < -0.39 is 24.2 Å². The first-order chi connectivity index (χ1) is 29.0. The summed E-state index contributed by atoms with van der Waals surface area (Å²) in [5.74, 6) is 0.679. The first-order valence-electron chi connectivity index (χ1n) is 21.3. The summed E-state index contributed by atoms with van der Waals surface area (Å²) in [6, 6.07) is 42.3. The molecule has 0 saturated carbocycles. The van der Waals surface area contributed by atoms with Gasteiger partial charge in [0.25, 0.3) is 0 Å². The Morgan fingerprint density at radius 3 is 1.71 bits per heavy atom. The van der Waals surface area contributed by atoms with E-state index in [0.717, 1.165) is 49.5 Å². The molecular formula is C51H34O. The highest BCUT2D eigenvalue weighted by Gasteiger charge is 2.21. The van der Waals surface area contributed by atoms with Gasteiger partial charge in [0.15, 0.2) is 0 Å². The van der Waals surface area contributed by atoms with Crippen molar-refractivity contribution in [3.63, 3.8) is 0 Å². The minimum absolute atomic E-state index is 0.164. The Bertz CT molecular complexity index is 3330. The Morgan fingerprint density at radius 1 is 0.404 bits per heavy atom. The maximum absolute atomic E-state index is 9.55. The van der Waals surface area contributed by atoms with Crippen LogP contribution in [0, 0.1) is 6.92 Å². The maximum Gasteiger partial charge on any atom is 0.138 e. The summed E-state index contributed by atoms with van der Waals surface area (Å²) in [5, 5.41) is 3.27. The van der Waals surface area contributed by atoms with E-state index in [1.54, 1.807) is 6.07 Å². The third kappa shape index (κ3) is 4.86. The largest absolute Gasteiger partial charge is 0.456 e. The van der Waals surface area contributed by atoms with Crippen LogP contribution >= 0.6 is 0 Å². The van der Waals surface area contributed by atoms with E-state index in [-0.39, 0.29) is 45.7 Å². The molecule has 0 bridgehead atoms. The van der Waals surface area contributed by atoms with Crippen LogP contribution in [0.1, 0.15) is 16.5 Å². The summed E-state index contributed by atoms with van der Waals surface area (Å²) in [5.41, 5.74) is 7.81. The summed E-state index contributed by atoms with van der Waals surface area (Å²) in [6.45, 7) is 1.97. The molecule has 10 rings (SSSR count). The van der Waals surface area contributed by atoms with E-state index in [0.29, 0.717) is 33.6 Å². The minimum atomic E-state index is -0.442. The highest BCUT2D eigenvalue weighted by Crippen LogP contribution is 2.48. The van der Waals surface area contributed by atoms with Crippen molar-refractivity contribution in [3.05, 3.63) is 193 Å². The lowest BCUT2D eigenvalue weighted by atomic mass is 9.82. The van der Waals surface area contributed by atoms with Gasteiger partial charge in [-0.05, 0) is 102 Å². The first-order valence-corrected chi connectivity index (χ1v) is 17.3. The second-order valence-corrected chi connectivity index (χ2v) is 13.0. The van der Waals surface area contributed by atoms with Gasteiger partial charge >= 0.3 is 0 Å². The number of furan rings is 1. The monoisotopic (exact) mass is 670 g/mol. The average Bonchev–Trinajstić information content (AvgIpc) is 3.63. The molecule has 0 saturated heterocycles. The molecule has 0 atom stereocenters. The predicted molar refractivity (Wildman–Crippen MR) is 221 cm³/mol. The molecule has 0 spiro atoms. The van der Waals surface area contributed by atoms with Crippen molar-refractivity contribution < 1.29 is 15.4 Å². The van der Waals surface area contributed by atoms with Crippen LogP contribution in [0.25, 0.3) is 99.1 Å². The van der Waals surface area contributed by atoms with Crippen molar-refractivity contribution in [2.75, 3.05) is 0 Å². The van der Waals surface area contributed by atoms with Gasteiger partial charge in [-0.1, -0.05) is 170 Å². The molecule has 0 N–H and O–H groups in total. The van der Waals surface area contributed by atoms with Gasteiger partial charge in [0.1, 0.15) is 11.3 Å². The Morgan fingerprint density at radius 2 is 1.00 bits per heavy atom. The number of rotatable bonds is 5. The van der Waals surface area contributed by atoms with Gasteiger partial charge in [0.2, 0.25) is 0 Å². The molecule has 10 aromatic rings. The van der Waals surface area contributed by atoms with Crippen LogP contribution in [0.3, 0.4) is 0 Å². The van der Waals surface area contributed by atoms with Crippen LogP contribution in [-0.4, -0.2) is 0 Å². The fourth-order valence-electron chi connectivity index (χ4n) is 7.70. The zero-order valence-electron chi connectivity index (χ0n) is 36.2. The van der Waals surface area contributed by atoms with Crippen molar-refractivity contribution in [2.24, 2.45) is 0 Å². The molecule has 0 amide bonds. The highest BCUT2D eigenvalue weighted by atomic mass is 16.3. The number of fused-ring (bicyclic) bond motifs is 4. The van der Waals surface area contributed by atoms with Crippen molar-refractivity contribution in [1.82, 2.24) is 0 Å². The fraction of sp³-hybridized carbons (Fsp3) is 0.0196. The molecular weight excluding hydrogens is 629 g/mol. The van der Waals surface area contributed by atoms with Crippen LogP contribution in [-0.2, 0) is 0 Å². The Kier molecular flexibility index (Phi) is 5.40. The molecule has 1 aromatic heterocycles. The Balaban J connectivity index is 1.34. The second-order valence-electron chi connectivity index (χ2n) is 13.0. The van der Waals surface area contributed by atoms with Gasteiger partial charge in [0.05, 0.1) is 11.0 Å². The Labute approximate surface area is 314 Å². The van der Waals surface area contributed by atoms with Gasteiger partial charge in [-0.2, -0.15) is 0 Å². The van der Waals surface area contributed by atoms with E-state index in [9.17, 15) is 5.48 Å². The summed E-state index contributed by atoms with van der Waals surface area (Å²) >= 11 is 0. The molecule has 244 valence electrons. The van der Waals surface area contributed by atoms with Crippen LogP contribution < -0.4 is 0 Å². The van der Waals surface area contributed by atoms with E-state index >= 15 is 0 Å². The highest BCUT2D eigenvalue weighted by molar-refractivity contribution is 6.24. The summed E-state index contributed by atoms with van der Waals surface area (Å²) < 4.78 is 80.5. The van der Waals surface area contributed by atoms with Crippen LogP contribution in [0.4, 0.5) is 0 Å². The lowest BCUT2D eigenvalue weighted by molar-refractivity contribution is 0.629. The lowest BCUT2D eigenvalue weighted by Crippen LogP contribution is -1.93. The van der Waals surface area contributed by atoms with E-state index in [1.807, 2.05) is 116 Å². The Hall–Kier alpha value is -6.70. The average molecular weight is 671 g/mol. The van der Waals surface area contributed by atoms with Crippen molar-refractivity contribution in [1.29, 1.82) is 0 Å².